The third-order valence-corrected chi connectivity index (χ3v) is 4.92. The lowest BCUT2D eigenvalue weighted by molar-refractivity contribution is -0.139. The number of rotatable bonds is 6. The van der Waals surface area contributed by atoms with Crippen molar-refractivity contribution in [2.75, 3.05) is 18.6 Å². The summed E-state index contributed by atoms with van der Waals surface area (Å²) in [4.78, 5) is 36.7. The number of ether oxygens (including phenoxy) is 2. The third kappa shape index (κ3) is 4.62. The van der Waals surface area contributed by atoms with Gasteiger partial charge in [-0.1, -0.05) is 11.6 Å². The second-order valence-corrected chi connectivity index (χ2v) is 7.42. The molecule has 1 aliphatic heterocycles. The van der Waals surface area contributed by atoms with Gasteiger partial charge in [0.2, 0.25) is 0 Å². The summed E-state index contributed by atoms with van der Waals surface area (Å²) >= 11 is 7.82. The van der Waals surface area contributed by atoms with Crippen molar-refractivity contribution in [2.45, 2.75) is 0 Å². The highest BCUT2D eigenvalue weighted by Gasteiger charge is 2.34. The minimum atomic E-state index is -1.12. The second-order valence-electron chi connectivity index (χ2n) is 5.82. The Hall–Kier alpha value is -2.79. The minimum Gasteiger partial charge on any atom is -0.493 e. The number of carboxylic acid groups (broad SMARTS) is 1. The van der Waals surface area contributed by atoms with Crippen molar-refractivity contribution in [2.24, 2.45) is 0 Å². The summed E-state index contributed by atoms with van der Waals surface area (Å²) in [7, 11) is 1.42. The van der Waals surface area contributed by atoms with Crippen LogP contribution in [0.2, 0.25) is 5.02 Å². The zero-order valence-corrected chi connectivity index (χ0v) is 17.9. The maximum Gasteiger partial charge on any atom is 0.341 e. The summed E-state index contributed by atoms with van der Waals surface area (Å²) in [5.41, 5.74) is 1.04. The standard InChI is InChI=1S/C19H14ClIN2O6/c1-28-15-8-10(6-13(21)17(15)29-9-16(24)25)7-14-18(26)23(19(27)22-14)12-4-2-11(20)3-5-12/h2-8H,9H2,1H3,(H,22,27)(H,24,25)/b14-7+. The van der Waals surface area contributed by atoms with Crippen LogP contribution in [0, 0.1) is 3.57 Å². The molecule has 0 unspecified atom stereocenters. The van der Waals surface area contributed by atoms with E-state index in [2.05, 4.69) is 5.32 Å². The molecule has 0 saturated carbocycles. The summed E-state index contributed by atoms with van der Waals surface area (Å²) in [6.07, 6.45) is 1.50. The molecule has 0 radical (unpaired) electrons. The highest BCUT2D eigenvalue weighted by molar-refractivity contribution is 14.1. The van der Waals surface area contributed by atoms with Crippen LogP contribution in [0.4, 0.5) is 10.5 Å². The molecule has 0 aromatic heterocycles. The van der Waals surface area contributed by atoms with Gasteiger partial charge < -0.3 is 19.9 Å². The average molecular weight is 529 g/mol. The molecule has 3 amide bonds. The first-order chi connectivity index (χ1) is 13.8. The first-order valence-corrected chi connectivity index (χ1v) is 9.60. The van der Waals surface area contributed by atoms with E-state index in [9.17, 15) is 14.4 Å². The number of urea groups is 1. The molecule has 10 heteroatoms. The molecule has 1 aliphatic rings. The van der Waals surface area contributed by atoms with E-state index in [1.54, 1.807) is 36.4 Å². The molecule has 1 heterocycles. The van der Waals surface area contributed by atoms with Crippen molar-refractivity contribution in [3.63, 3.8) is 0 Å². The Morgan fingerprint density at radius 3 is 2.59 bits per heavy atom. The van der Waals surface area contributed by atoms with E-state index in [1.165, 1.54) is 13.2 Å². The first kappa shape index (κ1) is 20.9. The molecule has 8 nitrogen and oxygen atoms in total. The number of carbonyl (C=O) groups excluding carboxylic acids is 2. The van der Waals surface area contributed by atoms with Gasteiger partial charge in [0.15, 0.2) is 18.1 Å². The molecule has 0 aliphatic carbocycles. The first-order valence-electron chi connectivity index (χ1n) is 8.15. The maximum atomic E-state index is 12.7. The number of hydrogen-bond donors (Lipinski definition) is 2. The van der Waals surface area contributed by atoms with Gasteiger partial charge >= 0.3 is 12.0 Å². The highest BCUT2D eigenvalue weighted by atomic mass is 127. The number of nitrogens with zero attached hydrogens (tertiary/aromatic N) is 1. The van der Waals surface area contributed by atoms with E-state index >= 15 is 0 Å². The molecule has 0 atom stereocenters. The third-order valence-electron chi connectivity index (χ3n) is 3.87. The molecular formula is C19H14ClIN2O6. The summed E-state index contributed by atoms with van der Waals surface area (Å²) in [5.74, 6) is -1.05. The normalized spacial score (nSPS) is 14.9. The monoisotopic (exact) mass is 528 g/mol. The minimum absolute atomic E-state index is 0.0852. The number of carbonyl (C=O) groups is 3. The number of imide groups is 1. The predicted molar refractivity (Wildman–Crippen MR) is 114 cm³/mol. The van der Waals surface area contributed by atoms with Crippen LogP contribution < -0.4 is 19.7 Å². The number of benzene rings is 2. The Labute approximate surface area is 184 Å². The number of amides is 3. The summed E-state index contributed by atoms with van der Waals surface area (Å²) in [6.45, 7) is -0.516. The van der Waals surface area contributed by atoms with E-state index in [0.717, 1.165) is 4.90 Å². The van der Waals surface area contributed by atoms with E-state index in [1.807, 2.05) is 22.6 Å². The highest BCUT2D eigenvalue weighted by Crippen LogP contribution is 2.35. The Morgan fingerprint density at radius 2 is 1.97 bits per heavy atom. The zero-order chi connectivity index (χ0) is 21.1. The number of aliphatic carboxylic acids is 1. The molecule has 0 bridgehead atoms. The van der Waals surface area contributed by atoms with Gasteiger partial charge in [-0.05, 0) is 70.6 Å². The fraction of sp³-hybridized carbons (Fsp3) is 0.105. The largest absolute Gasteiger partial charge is 0.493 e. The molecule has 2 aromatic carbocycles. The molecule has 2 N–H and O–H groups in total. The molecule has 3 rings (SSSR count). The molecular weight excluding hydrogens is 515 g/mol. The van der Waals surface area contributed by atoms with Gasteiger partial charge in [-0.2, -0.15) is 0 Å². The molecule has 1 fully saturated rings. The van der Waals surface area contributed by atoms with Crippen molar-refractivity contribution in [1.82, 2.24) is 5.32 Å². The van der Waals surface area contributed by atoms with Gasteiger partial charge in [0.05, 0.1) is 16.4 Å². The predicted octanol–water partition coefficient (Wildman–Crippen LogP) is 3.51. The van der Waals surface area contributed by atoms with Gasteiger partial charge in [-0.3, -0.25) is 4.79 Å². The van der Waals surface area contributed by atoms with Crippen LogP contribution in [0.15, 0.2) is 42.1 Å². The lowest BCUT2D eigenvalue weighted by Gasteiger charge is -2.12. The maximum absolute atomic E-state index is 12.7. The quantitative estimate of drug-likeness (QED) is 0.338. The van der Waals surface area contributed by atoms with E-state index < -0.39 is 24.5 Å². The Bertz CT molecular complexity index is 1020. The van der Waals surface area contributed by atoms with E-state index in [4.69, 9.17) is 26.2 Å². The number of methoxy groups -OCH3 is 1. The SMILES string of the molecule is COc1cc(/C=C2/NC(=O)N(c3ccc(Cl)cc3)C2=O)cc(I)c1OCC(=O)O. The number of halogens is 2. The van der Waals surface area contributed by atoms with Crippen LogP contribution in [0.25, 0.3) is 6.08 Å². The van der Waals surface area contributed by atoms with Gasteiger partial charge in [0.25, 0.3) is 5.91 Å². The lowest BCUT2D eigenvalue weighted by atomic mass is 10.1. The van der Waals surface area contributed by atoms with Crippen molar-refractivity contribution < 1.29 is 29.0 Å². The summed E-state index contributed by atoms with van der Waals surface area (Å²) in [5, 5.41) is 11.8. The van der Waals surface area contributed by atoms with Crippen molar-refractivity contribution in [3.05, 3.63) is 56.3 Å². The van der Waals surface area contributed by atoms with Crippen molar-refractivity contribution in [3.8, 4) is 11.5 Å². The van der Waals surface area contributed by atoms with Gasteiger partial charge in [0, 0.05) is 5.02 Å². The molecule has 29 heavy (non-hydrogen) atoms. The van der Waals surface area contributed by atoms with E-state index in [0.29, 0.717) is 25.6 Å². The average Bonchev–Trinajstić information content (AvgIpc) is 2.94. The van der Waals surface area contributed by atoms with Crippen LogP contribution in [0.3, 0.4) is 0 Å². The molecule has 150 valence electrons. The Balaban J connectivity index is 1.90. The topological polar surface area (TPSA) is 105 Å². The van der Waals surface area contributed by atoms with Crippen LogP contribution in [0.1, 0.15) is 5.56 Å². The van der Waals surface area contributed by atoms with Crippen LogP contribution in [-0.4, -0.2) is 36.7 Å². The van der Waals surface area contributed by atoms with Crippen LogP contribution in [-0.2, 0) is 9.59 Å². The summed E-state index contributed by atoms with van der Waals surface area (Å²) < 4.78 is 11.1. The molecule has 2 aromatic rings. The second kappa shape index (κ2) is 8.70. The fourth-order valence-electron chi connectivity index (χ4n) is 2.62. The van der Waals surface area contributed by atoms with Gasteiger partial charge in [-0.15, -0.1) is 0 Å². The fourth-order valence-corrected chi connectivity index (χ4v) is 3.53. The zero-order valence-electron chi connectivity index (χ0n) is 14.9. The van der Waals surface area contributed by atoms with Crippen LogP contribution >= 0.6 is 34.2 Å². The Kier molecular flexibility index (Phi) is 6.28. The van der Waals surface area contributed by atoms with E-state index in [-0.39, 0.29) is 11.4 Å². The van der Waals surface area contributed by atoms with Gasteiger partial charge in [-0.25, -0.2) is 14.5 Å². The molecule has 0 spiro atoms. The smallest absolute Gasteiger partial charge is 0.341 e. The Morgan fingerprint density at radius 1 is 1.28 bits per heavy atom. The number of hydrogen-bond acceptors (Lipinski definition) is 5. The van der Waals surface area contributed by atoms with Crippen molar-refractivity contribution >= 4 is 63.9 Å². The molecule has 1 saturated heterocycles. The number of anilines is 1. The number of carboxylic acids is 1. The lowest BCUT2D eigenvalue weighted by Crippen LogP contribution is -2.30. The summed E-state index contributed by atoms with van der Waals surface area (Å²) in [6, 6.07) is 9.00. The van der Waals surface area contributed by atoms with Crippen LogP contribution in [0.5, 0.6) is 11.5 Å². The number of nitrogens with one attached hydrogen (secondary N) is 1. The van der Waals surface area contributed by atoms with Gasteiger partial charge in [0.1, 0.15) is 5.70 Å². The van der Waals surface area contributed by atoms with Crippen molar-refractivity contribution in [1.29, 1.82) is 0 Å².